The fourth-order valence-electron chi connectivity index (χ4n) is 2.31. The molecule has 0 aliphatic rings. The van der Waals surface area contributed by atoms with Crippen LogP contribution in [0.4, 0.5) is 5.69 Å². The van der Waals surface area contributed by atoms with E-state index in [9.17, 15) is 20.0 Å². The van der Waals surface area contributed by atoms with Gasteiger partial charge in [0.05, 0.1) is 28.8 Å². The van der Waals surface area contributed by atoms with Gasteiger partial charge in [-0.1, -0.05) is 31.2 Å². The number of carbonyl (C=O) groups is 1. The Hall–Kier alpha value is -2.80. The molecule has 1 heterocycles. The van der Waals surface area contributed by atoms with Gasteiger partial charge in [-0.3, -0.25) is 19.9 Å². The highest BCUT2D eigenvalue weighted by Gasteiger charge is 2.19. The Balaban J connectivity index is 2.22. The number of benzene rings is 1. The third kappa shape index (κ3) is 3.94. The predicted octanol–water partition coefficient (Wildman–Crippen LogP) is 2.32. The van der Waals surface area contributed by atoms with Crippen LogP contribution in [-0.4, -0.2) is 27.5 Å². The first kappa shape index (κ1) is 17.6. The van der Waals surface area contributed by atoms with Crippen molar-refractivity contribution in [2.24, 2.45) is 0 Å². The Bertz CT molecular complexity index is 744. The highest BCUT2D eigenvalue weighted by atomic mass is 16.6. The molecule has 2 aromatic rings. The molecule has 1 unspecified atom stereocenters. The van der Waals surface area contributed by atoms with Crippen LogP contribution in [0, 0.1) is 17.0 Å². The second kappa shape index (κ2) is 7.65. The number of nitrogens with zero attached hydrogens (tertiary/aromatic N) is 2. The highest BCUT2D eigenvalue weighted by Crippen LogP contribution is 2.18. The van der Waals surface area contributed by atoms with Gasteiger partial charge in [-0.15, -0.1) is 0 Å². The number of nitro groups is 1. The SMILES string of the molecule is CCc1ccc(C(CO)NC(=O)c2cc([N+](=O)[O-])cnc2C)cc1. The average Bonchev–Trinajstić information content (AvgIpc) is 2.59. The maximum Gasteiger partial charge on any atom is 0.288 e. The van der Waals surface area contributed by atoms with E-state index in [4.69, 9.17) is 0 Å². The molecule has 1 aromatic heterocycles. The van der Waals surface area contributed by atoms with Crippen molar-refractivity contribution in [3.05, 3.63) is 69.0 Å². The zero-order valence-electron chi connectivity index (χ0n) is 13.5. The molecule has 7 nitrogen and oxygen atoms in total. The van der Waals surface area contributed by atoms with Crippen LogP contribution >= 0.6 is 0 Å². The minimum Gasteiger partial charge on any atom is -0.394 e. The van der Waals surface area contributed by atoms with Crippen LogP contribution in [0.2, 0.25) is 0 Å². The molecule has 0 bridgehead atoms. The van der Waals surface area contributed by atoms with E-state index in [0.29, 0.717) is 5.69 Å². The summed E-state index contributed by atoms with van der Waals surface area (Å²) < 4.78 is 0. The topological polar surface area (TPSA) is 105 Å². The molecule has 126 valence electrons. The van der Waals surface area contributed by atoms with E-state index in [-0.39, 0.29) is 17.9 Å². The first-order chi connectivity index (χ1) is 11.5. The second-order valence-corrected chi connectivity index (χ2v) is 5.39. The average molecular weight is 329 g/mol. The molecule has 0 aliphatic heterocycles. The summed E-state index contributed by atoms with van der Waals surface area (Å²) in [5, 5.41) is 23.1. The van der Waals surface area contributed by atoms with Gasteiger partial charge in [-0.25, -0.2) is 0 Å². The summed E-state index contributed by atoms with van der Waals surface area (Å²) in [5.41, 5.74) is 2.17. The molecule has 0 saturated heterocycles. The Labute approximate surface area is 139 Å². The highest BCUT2D eigenvalue weighted by molar-refractivity contribution is 5.96. The van der Waals surface area contributed by atoms with Gasteiger partial charge >= 0.3 is 0 Å². The lowest BCUT2D eigenvalue weighted by Gasteiger charge is -2.17. The molecule has 2 N–H and O–H groups in total. The summed E-state index contributed by atoms with van der Waals surface area (Å²) in [4.78, 5) is 26.5. The zero-order chi connectivity index (χ0) is 17.7. The number of aliphatic hydroxyl groups is 1. The summed E-state index contributed by atoms with van der Waals surface area (Å²) in [6.45, 7) is 3.36. The third-order valence-electron chi connectivity index (χ3n) is 3.81. The first-order valence-electron chi connectivity index (χ1n) is 7.57. The van der Waals surface area contributed by atoms with Crippen LogP contribution in [0.1, 0.15) is 40.1 Å². The van der Waals surface area contributed by atoms with E-state index >= 15 is 0 Å². The molecular weight excluding hydrogens is 310 g/mol. The summed E-state index contributed by atoms with van der Waals surface area (Å²) in [6, 6.07) is 8.15. The normalized spacial score (nSPS) is 11.8. The molecule has 1 aromatic carbocycles. The van der Waals surface area contributed by atoms with Crippen LogP contribution in [0.15, 0.2) is 36.5 Å². The molecule has 24 heavy (non-hydrogen) atoms. The Morgan fingerprint density at radius 1 is 1.38 bits per heavy atom. The van der Waals surface area contributed by atoms with Gasteiger partial charge in [0, 0.05) is 6.07 Å². The first-order valence-corrected chi connectivity index (χ1v) is 7.57. The van der Waals surface area contributed by atoms with Gasteiger partial charge in [0.25, 0.3) is 11.6 Å². The van der Waals surface area contributed by atoms with Crippen molar-refractivity contribution in [3.8, 4) is 0 Å². The predicted molar refractivity (Wildman–Crippen MR) is 88.7 cm³/mol. The van der Waals surface area contributed by atoms with Crippen molar-refractivity contribution in [1.29, 1.82) is 0 Å². The van der Waals surface area contributed by atoms with Crippen molar-refractivity contribution in [1.82, 2.24) is 10.3 Å². The van der Waals surface area contributed by atoms with Crippen LogP contribution in [0.25, 0.3) is 0 Å². The molecular formula is C17H19N3O4. The molecule has 0 fully saturated rings. The van der Waals surface area contributed by atoms with Gasteiger partial charge in [-0.2, -0.15) is 0 Å². The summed E-state index contributed by atoms with van der Waals surface area (Å²) in [5.74, 6) is -0.512. The largest absolute Gasteiger partial charge is 0.394 e. The molecule has 0 saturated carbocycles. The number of hydrogen-bond acceptors (Lipinski definition) is 5. The molecule has 1 atom stereocenters. The van der Waals surface area contributed by atoms with Gasteiger partial charge < -0.3 is 10.4 Å². The quantitative estimate of drug-likeness (QED) is 0.625. The number of rotatable bonds is 6. The third-order valence-corrected chi connectivity index (χ3v) is 3.81. The van der Waals surface area contributed by atoms with Crippen molar-refractivity contribution in [2.45, 2.75) is 26.3 Å². The second-order valence-electron chi connectivity index (χ2n) is 5.39. The van der Waals surface area contributed by atoms with Gasteiger partial charge in [0.15, 0.2) is 0 Å². The lowest BCUT2D eigenvalue weighted by Crippen LogP contribution is -2.31. The Morgan fingerprint density at radius 3 is 2.58 bits per heavy atom. The number of carbonyl (C=O) groups excluding carboxylic acids is 1. The number of aromatic nitrogens is 1. The van der Waals surface area contributed by atoms with Gasteiger partial charge in [0.2, 0.25) is 0 Å². The molecule has 0 aliphatic carbocycles. The molecule has 1 amide bonds. The number of aliphatic hydroxyl groups excluding tert-OH is 1. The van der Waals surface area contributed by atoms with E-state index < -0.39 is 16.9 Å². The molecule has 7 heteroatoms. The van der Waals surface area contributed by atoms with E-state index in [1.54, 1.807) is 6.92 Å². The Morgan fingerprint density at radius 2 is 2.04 bits per heavy atom. The number of aryl methyl sites for hydroxylation is 2. The van der Waals surface area contributed by atoms with Crippen molar-refractivity contribution in [2.75, 3.05) is 6.61 Å². The summed E-state index contributed by atoms with van der Waals surface area (Å²) >= 11 is 0. The number of nitrogens with one attached hydrogen (secondary N) is 1. The standard InChI is InChI=1S/C17H19N3O4/c1-3-12-4-6-13(7-5-12)16(10-21)19-17(22)15-8-14(20(23)24)9-18-11(15)2/h4-9,16,21H,3,10H2,1-2H3,(H,19,22). The smallest absolute Gasteiger partial charge is 0.288 e. The monoisotopic (exact) mass is 329 g/mol. The minimum absolute atomic E-state index is 0.118. The maximum absolute atomic E-state index is 12.4. The molecule has 2 rings (SSSR count). The van der Waals surface area contributed by atoms with Crippen molar-refractivity contribution in [3.63, 3.8) is 0 Å². The van der Waals surface area contributed by atoms with Gasteiger partial charge in [0.1, 0.15) is 6.20 Å². The zero-order valence-corrected chi connectivity index (χ0v) is 13.5. The van der Waals surface area contributed by atoms with Crippen LogP contribution in [0.3, 0.4) is 0 Å². The van der Waals surface area contributed by atoms with Crippen LogP contribution < -0.4 is 5.32 Å². The molecule has 0 spiro atoms. The molecule has 0 radical (unpaired) electrons. The van der Waals surface area contributed by atoms with Crippen LogP contribution in [0.5, 0.6) is 0 Å². The summed E-state index contributed by atoms with van der Waals surface area (Å²) in [7, 11) is 0. The van der Waals surface area contributed by atoms with E-state index in [0.717, 1.165) is 23.7 Å². The number of pyridine rings is 1. The lowest BCUT2D eigenvalue weighted by atomic mass is 10.0. The lowest BCUT2D eigenvalue weighted by molar-refractivity contribution is -0.385. The fourth-order valence-corrected chi connectivity index (χ4v) is 2.31. The number of hydrogen-bond donors (Lipinski definition) is 2. The van der Waals surface area contributed by atoms with E-state index in [1.165, 1.54) is 6.07 Å². The van der Waals surface area contributed by atoms with Crippen molar-refractivity contribution >= 4 is 11.6 Å². The Kier molecular flexibility index (Phi) is 5.59. The van der Waals surface area contributed by atoms with E-state index in [1.807, 2.05) is 31.2 Å². The number of amides is 1. The minimum atomic E-state index is -0.601. The fraction of sp³-hybridized carbons (Fsp3) is 0.294. The van der Waals surface area contributed by atoms with Crippen LogP contribution in [-0.2, 0) is 6.42 Å². The summed E-state index contributed by atoms with van der Waals surface area (Å²) in [6.07, 6.45) is 2.01. The van der Waals surface area contributed by atoms with E-state index in [2.05, 4.69) is 10.3 Å². The van der Waals surface area contributed by atoms with Gasteiger partial charge in [-0.05, 0) is 24.5 Å². The maximum atomic E-state index is 12.4. The van der Waals surface area contributed by atoms with Crippen molar-refractivity contribution < 1.29 is 14.8 Å².